The molecule has 1 aliphatic heterocycles. The highest BCUT2D eigenvalue weighted by atomic mass is 16.5. The predicted molar refractivity (Wildman–Crippen MR) is 111 cm³/mol. The summed E-state index contributed by atoms with van der Waals surface area (Å²) in [6.07, 6.45) is 4.28. The molecule has 0 aromatic heterocycles. The Labute approximate surface area is 166 Å². The number of ether oxygens (including phenoxy) is 1. The van der Waals surface area contributed by atoms with Crippen molar-refractivity contribution in [3.05, 3.63) is 59.7 Å². The number of piperidine rings is 1. The molecule has 5 nitrogen and oxygen atoms in total. The maximum Gasteiger partial charge on any atom is 0.255 e. The van der Waals surface area contributed by atoms with E-state index in [9.17, 15) is 9.59 Å². The number of nitrogens with one attached hydrogen (secondary N) is 1. The molecule has 2 aromatic carbocycles. The summed E-state index contributed by atoms with van der Waals surface area (Å²) >= 11 is 0. The van der Waals surface area contributed by atoms with Gasteiger partial charge in [0, 0.05) is 29.9 Å². The molecular weight excluding hydrogens is 352 g/mol. The molecule has 0 saturated carbocycles. The highest BCUT2D eigenvalue weighted by Crippen LogP contribution is 2.19. The summed E-state index contributed by atoms with van der Waals surface area (Å²) in [7, 11) is 0. The first-order chi connectivity index (χ1) is 13.6. The van der Waals surface area contributed by atoms with Gasteiger partial charge in [-0.05, 0) is 69.0 Å². The molecule has 1 fully saturated rings. The van der Waals surface area contributed by atoms with Crippen LogP contribution in [0.15, 0.2) is 48.5 Å². The molecule has 148 valence electrons. The lowest BCUT2D eigenvalue weighted by Gasteiger charge is -2.26. The lowest BCUT2D eigenvalue weighted by atomic mass is 10.1. The van der Waals surface area contributed by atoms with Crippen LogP contribution in [0.2, 0.25) is 0 Å². The molecule has 1 unspecified atom stereocenters. The van der Waals surface area contributed by atoms with Crippen LogP contribution in [0.25, 0.3) is 0 Å². The van der Waals surface area contributed by atoms with Crippen LogP contribution in [-0.4, -0.2) is 35.9 Å². The number of likely N-dealkylation sites (tertiary alicyclic amines) is 1. The number of carbonyl (C=O) groups excluding carboxylic acids is 2. The Morgan fingerprint density at radius 1 is 1.04 bits per heavy atom. The van der Waals surface area contributed by atoms with E-state index in [-0.39, 0.29) is 17.9 Å². The van der Waals surface area contributed by atoms with Gasteiger partial charge in [0.15, 0.2) is 0 Å². The highest BCUT2D eigenvalue weighted by molar-refractivity contribution is 6.05. The third-order valence-corrected chi connectivity index (χ3v) is 5.02. The van der Waals surface area contributed by atoms with Crippen molar-refractivity contribution < 1.29 is 14.3 Å². The lowest BCUT2D eigenvalue weighted by molar-refractivity contribution is 0.0724. The van der Waals surface area contributed by atoms with Gasteiger partial charge in [-0.25, -0.2) is 0 Å². The fraction of sp³-hybridized carbons (Fsp3) is 0.391. The van der Waals surface area contributed by atoms with Gasteiger partial charge in [-0.3, -0.25) is 9.59 Å². The smallest absolute Gasteiger partial charge is 0.255 e. The summed E-state index contributed by atoms with van der Waals surface area (Å²) in [4.78, 5) is 27.2. The van der Waals surface area contributed by atoms with E-state index in [1.54, 1.807) is 36.4 Å². The van der Waals surface area contributed by atoms with Crippen LogP contribution < -0.4 is 10.1 Å². The second-order valence-corrected chi connectivity index (χ2v) is 7.25. The molecule has 0 aliphatic carbocycles. The average Bonchev–Trinajstić information content (AvgIpc) is 2.74. The number of amides is 2. The van der Waals surface area contributed by atoms with Crippen molar-refractivity contribution >= 4 is 17.5 Å². The van der Waals surface area contributed by atoms with Crippen molar-refractivity contribution in [3.8, 4) is 5.75 Å². The minimum absolute atomic E-state index is 0.0275. The number of carbonyl (C=O) groups is 2. The number of rotatable bonds is 6. The molecule has 3 rings (SSSR count). The molecule has 0 spiro atoms. The highest BCUT2D eigenvalue weighted by Gasteiger charge is 2.18. The van der Waals surface area contributed by atoms with Crippen molar-refractivity contribution in [1.29, 1.82) is 0 Å². The Balaban J connectivity index is 1.69. The molecule has 1 aliphatic rings. The Hall–Kier alpha value is -2.82. The van der Waals surface area contributed by atoms with E-state index in [0.717, 1.165) is 32.4 Å². The van der Waals surface area contributed by atoms with Crippen LogP contribution in [-0.2, 0) is 0 Å². The average molecular weight is 380 g/mol. The first-order valence-corrected chi connectivity index (χ1v) is 10.0. The van der Waals surface area contributed by atoms with Crippen LogP contribution in [0, 0.1) is 0 Å². The molecular formula is C23H28N2O3. The van der Waals surface area contributed by atoms with Gasteiger partial charge in [0.2, 0.25) is 0 Å². The normalized spacial score (nSPS) is 15.0. The van der Waals surface area contributed by atoms with Crippen LogP contribution >= 0.6 is 0 Å². The number of anilines is 1. The third-order valence-electron chi connectivity index (χ3n) is 5.02. The Morgan fingerprint density at radius 3 is 2.50 bits per heavy atom. The van der Waals surface area contributed by atoms with Gasteiger partial charge in [-0.2, -0.15) is 0 Å². The van der Waals surface area contributed by atoms with Crippen LogP contribution in [0.4, 0.5) is 5.69 Å². The zero-order valence-corrected chi connectivity index (χ0v) is 16.6. The first-order valence-electron chi connectivity index (χ1n) is 10.0. The molecule has 0 radical (unpaired) electrons. The number of hydrogen-bond donors (Lipinski definition) is 1. The molecule has 2 aromatic rings. The van der Waals surface area contributed by atoms with Gasteiger partial charge in [0.1, 0.15) is 5.75 Å². The van der Waals surface area contributed by atoms with E-state index in [4.69, 9.17) is 4.74 Å². The van der Waals surface area contributed by atoms with Gasteiger partial charge >= 0.3 is 0 Å². The molecule has 1 heterocycles. The van der Waals surface area contributed by atoms with Crippen LogP contribution in [0.3, 0.4) is 0 Å². The van der Waals surface area contributed by atoms with E-state index in [2.05, 4.69) is 12.2 Å². The van der Waals surface area contributed by atoms with Gasteiger partial charge in [0.05, 0.1) is 6.10 Å². The third kappa shape index (κ3) is 5.12. The fourth-order valence-electron chi connectivity index (χ4n) is 3.24. The van der Waals surface area contributed by atoms with Crippen molar-refractivity contribution in [2.24, 2.45) is 0 Å². The molecule has 0 bridgehead atoms. The van der Waals surface area contributed by atoms with Crippen LogP contribution in [0.1, 0.15) is 60.2 Å². The quantitative estimate of drug-likeness (QED) is 0.787. The van der Waals surface area contributed by atoms with Crippen LogP contribution in [0.5, 0.6) is 5.75 Å². The molecule has 1 saturated heterocycles. The van der Waals surface area contributed by atoms with Crippen molar-refractivity contribution in [2.75, 3.05) is 18.4 Å². The summed E-state index contributed by atoms with van der Waals surface area (Å²) in [6.45, 7) is 5.66. The topological polar surface area (TPSA) is 58.6 Å². The summed E-state index contributed by atoms with van der Waals surface area (Å²) < 4.78 is 5.79. The van der Waals surface area contributed by atoms with Crippen molar-refractivity contribution in [1.82, 2.24) is 4.90 Å². The minimum atomic E-state index is -0.225. The van der Waals surface area contributed by atoms with Gasteiger partial charge in [-0.1, -0.05) is 19.1 Å². The summed E-state index contributed by atoms with van der Waals surface area (Å²) in [6, 6.07) is 14.3. The van der Waals surface area contributed by atoms with E-state index >= 15 is 0 Å². The van der Waals surface area contributed by atoms with E-state index < -0.39 is 0 Å². The Kier molecular flexibility index (Phi) is 6.69. The molecule has 28 heavy (non-hydrogen) atoms. The zero-order valence-electron chi connectivity index (χ0n) is 16.6. The number of benzene rings is 2. The van der Waals surface area contributed by atoms with Gasteiger partial charge in [0.25, 0.3) is 11.8 Å². The van der Waals surface area contributed by atoms with Gasteiger partial charge in [-0.15, -0.1) is 0 Å². The van der Waals surface area contributed by atoms with E-state index in [1.165, 1.54) is 6.42 Å². The lowest BCUT2D eigenvalue weighted by Crippen LogP contribution is -2.35. The maximum absolute atomic E-state index is 12.7. The number of hydrogen-bond acceptors (Lipinski definition) is 3. The zero-order chi connectivity index (χ0) is 19.9. The summed E-state index contributed by atoms with van der Waals surface area (Å²) in [5.74, 6) is 0.480. The van der Waals surface area contributed by atoms with E-state index in [0.29, 0.717) is 22.6 Å². The standard InChI is InChI=1S/C23H28N2O3/c1-3-17(2)28-21-12-8-9-18(16-21)22(26)24-20-11-7-10-19(15-20)23(27)25-13-5-4-6-14-25/h7-12,15-17H,3-6,13-14H2,1-2H3,(H,24,26). The second-order valence-electron chi connectivity index (χ2n) is 7.25. The van der Waals surface area contributed by atoms with E-state index in [1.807, 2.05) is 24.0 Å². The fourth-order valence-corrected chi connectivity index (χ4v) is 3.24. The minimum Gasteiger partial charge on any atom is -0.491 e. The van der Waals surface area contributed by atoms with Gasteiger partial charge < -0.3 is 15.0 Å². The number of nitrogens with zero attached hydrogens (tertiary/aromatic N) is 1. The Bertz CT molecular complexity index is 828. The molecule has 2 amide bonds. The maximum atomic E-state index is 12.7. The van der Waals surface area contributed by atoms with Crippen molar-refractivity contribution in [2.45, 2.75) is 45.6 Å². The Morgan fingerprint density at radius 2 is 1.75 bits per heavy atom. The molecule has 1 N–H and O–H groups in total. The second kappa shape index (κ2) is 9.40. The largest absolute Gasteiger partial charge is 0.491 e. The summed E-state index contributed by atoms with van der Waals surface area (Å²) in [5.41, 5.74) is 1.74. The summed E-state index contributed by atoms with van der Waals surface area (Å²) in [5, 5.41) is 2.89. The predicted octanol–water partition coefficient (Wildman–Crippen LogP) is 4.74. The monoisotopic (exact) mass is 380 g/mol. The van der Waals surface area contributed by atoms with Crippen molar-refractivity contribution in [3.63, 3.8) is 0 Å². The first kappa shape index (κ1) is 19.9. The molecule has 5 heteroatoms. The SMILES string of the molecule is CCC(C)Oc1cccc(C(=O)Nc2cccc(C(=O)N3CCCCC3)c2)c1. The molecule has 1 atom stereocenters.